The molecule has 0 spiro atoms. The summed E-state index contributed by atoms with van der Waals surface area (Å²) in [4.78, 5) is 18.6. The van der Waals surface area contributed by atoms with Crippen molar-refractivity contribution in [2.45, 2.75) is 51.6 Å². The van der Waals surface area contributed by atoms with Gasteiger partial charge in [0.1, 0.15) is 11.9 Å². The van der Waals surface area contributed by atoms with Gasteiger partial charge >= 0.3 is 0 Å². The van der Waals surface area contributed by atoms with E-state index in [0.717, 1.165) is 5.56 Å². The second kappa shape index (κ2) is 7.95. The fourth-order valence-corrected chi connectivity index (χ4v) is 3.96. The predicted octanol–water partition coefficient (Wildman–Crippen LogP) is 5.80. The third-order valence-electron chi connectivity index (χ3n) is 5.42. The molecule has 4 rings (SSSR count). The molecule has 0 aliphatic carbocycles. The zero-order valence-corrected chi connectivity index (χ0v) is 18.7. The Morgan fingerprint density at radius 3 is 2.60 bits per heavy atom. The van der Waals surface area contributed by atoms with Crippen LogP contribution in [0.3, 0.4) is 0 Å². The SMILES string of the molecule is CC(C)(C)c1ccc(-c2noc(C3CCC(=O)N3Cc3ccc(Br)cc3F)n2)cc1. The molecule has 1 unspecified atom stereocenters. The lowest BCUT2D eigenvalue weighted by Crippen LogP contribution is -2.27. The van der Waals surface area contributed by atoms with Gasteiger partial charge in [-0.2, -0.15) is 4.98 Å². The summed E-state index contributed by atoms with van der Waals surface area (Å²) in [5.41, 5.74) is 2.59. The number of benzene rings is 2. The molecule has 1 amide bonds. The minimum atomic E-state index is -0.354. The number of likely N-dealkylation sites (tertiary alicyclic amines) is 1. The largest absolute Gasteiger partial charge is 0.337 e. The molecule has 0 bridgehead atoms. The molecule has 1 atom stereocenters. The van der Waals surface area contributed by atoms with Gasteiger partial charge in [-0.25, -0.2) is 4.39 Å². The topological polar surface area (TPSA) is 59.2 Å². The van der Waals surface area contributed by atoms with Gasteiger partial charge in [-0.05, 0) is 29.5 Å². The molecule has 0 N–H and O–H groups in total. The highest BCUT2D eigenvalue weighted by Crippen LogP contribution is 2.35. The number of carbonyl (C=O) groups excluding carboxylic acids is 1. The van der Waals surface area contributed by atoms with Crippen LogP contribution in [0.2, 0.25) is 0 Å². The van der Waals surface area contributed by atoms with Crippen LogP contribution < -0.4 is 0 Å². The van der Waals surface area contributed by atoms with Crippen molar-refractivity contribution in [2.75, 3.05) is 0 Å². The van der Waals surface area contributed by atoms with E-state index in [1.54, 1.807) is 17.0 Å². The highest BCUT2D eigenvalue weighted by Gasteiger charge is 2.36. The summed E-state index contributed by atoms with van der Waals surface area (Å²) in [6.07, 6.45) is 0.947. The minimum absolute atomic E-state index is 0.0448. The van der Waals surface area contributed by atoms with Crippen LogP contribution >= 0.6 is 15.9 Å². The molecular weight excluding hydrogens is 449 g/mol. The highest BCUT2D eigenvalue weighted by atomic mass is 79.9. The lowest BCUT2D eigenvalue weighted by atomic mass is 9.87. The second-order valence-electron chi connectivity index (χ2n) is 8.60. The van der Waals surface area contributed by atoms with Crippen LogP contribution in [0.1, 0.15) is 56.7 Å². The third-order valence-corrected chi connectivity index (χ3v) is 5.91. The first-order valence-corrected chi connectivity index (χ1v) is 10.7. The van der Waals surface area contributed by atoms with E-state index in [4.69, 9.17) is 4.52 Å². The number of hydrogen-bond donors (Lipinski definition) is 0. The van der Waals surface area contributed by atoms with Crippen LogP contribution in [-0.4, -0.2) is 20.9 Å². The Balaban J connectivity index is 1.56. The number of carbonyl (C=O) groups is 1. The molecule has 2 heterocycles. The molecule has 5 nitrogen and oxygen atoms in total. The van der Waals surface area contributed by atoms with Crippen molar-refractivity contribution in [1.29, 1.82) is 0 Å². The Labute approximate surface area is 183 Å². The van der Waals surface area contributed by atoms with Crippen LogP contribution in [0, 0.1) is 5.82 Å². The van der Waals surface area contributed by atoms with Gasteiger partial charge in [-0.1, -0.05) is 72.2 Å². The maximum absolute atomic E-state index is 14.3. The van der Waals surface area contributed by atoms with E-state index < -0.39 is 0 Å². The number of halogens is 2. The number of rotatable bonds is 4. The van der Waals surface area contributed by atoms with Gasteiger partial charge < -0.3 is 9.42 Å². The van der Waals surface area contributed by atoms with Crippen molar-refractivity contribution in [3.8, 4) is 11.4 Å². The molecule has 0 radical (unpaired) electrons. The molecule has 156 valence electrons. The van der Waals surface area contributed by atoms with E-state index >= 15 is 0 Å². The fourth-order valence-electron chi connectivity index (χ4n) is 3.63. The summed E-state index contributed by atoms with van der Waals surface area (Å²) < 4.78 is 20.5. The van der Waals surface area contributed by atoms with Crippen LogP contribution in [-0.2, 0) is 16.8 Å². The molecule has 7 heteroatoms. The van der Waals surface area contributed by atoms with Crippen molar-refractivity contribution < 1.29 is 13.7 Å². The van der Waals surface area contributed by atoms with Gasteiger partial charge in [-0.3, -0.25) is 4.79 Å². The van der Waals surface area contributed by atoms with Gasteiger partial charge in [-0.15, -0.1) is 0 Å². The average molecular weight is 472 g/mol. The molecule has 30 heavy (non-hydrogen) atoms. The van der Waals surface area contributed by atoms with Crippen molar-refractivity contribution in [3.63, 3.8) is 0 Å². The average Bonchev–Trinajstić information content (AvgIpc) is 3.31. The van der Waals surface area contributed by atoms with Crippen molar-refractivity contribution in [2.24, 2.45) is 0 Å². The standard InChI is InChI=1S/C23H23BrFN3O2/c1-23(2,3)16-7-4-14(5-8-16)21-26-22(30-27-21)19-10-11-20(29)28(19)13-15-6-9-17(24)12-18(15)25/h4-9,12,19H,10-11,13H2,1-3H3. The lowest BCUT2D eigenvalue weighted by Gasteiger charge is -2.22. The number of nitrogens with zero attached hydrogens (tertiary/aromatic N) is 3. The van der Waals surface area contributed by atoms with E-state index in [-0.39, 0.29) is 29.7 Å². The normalized spacial score (nSPS) is 17.0. The maximum atomic E-state index is 14.3. The van der Waals surface area contributed by atoms with Crippen LogP contribution in [0.15, 0.2) is 51.5 Å². The molecular formula is C23H23BrFN3O2. The molecule has 1 aliphatic rings. The van der Waals surface area contributed by atoms with E-state index in [1.807, 2.05) is 12.1 Å². The first kappa shape index (κ1) is 20.7. The minimum Gasteiger partial charge on any atom is -0.337 e. The molecule has 1 aromatic heterocycles. The summed E-state index contributed by atoms with van der Waals surface area (Å²) in [5, 5.41) is 4.11. The predicted molar refractivity (Wildman–Crippen MR) is 115 cm³/mol. The Hall–Kier alpha value is -2.54. The first-order chi connectivity index (χ1) is 14.2. The van der Waals surface area contributed by atoms with Gasteiger partial charge in [0, 0.05) is 28.6 Å². The first-order valence-electron chi connectivity index (χ1n) is 9.90. The summed E-state index contributed by atoms with van der Waals surface area (Å²) in [5.74, 6) is 0.470. The van der Waals surface area contributed by atoms with Crippen LogP contribution in [0.5, 0.6) is 0 Å². The molecule has 2 aromatic carbocycles. The van der Waals surface area contributed by atoms with E-state index in [2.05, 4.69) is 59.0 Å². The van der Waals surface area contributed by atoms with Gasteiger partial charge in [0.25, 0.3) is 0 Å². The zero-order valence-electron chi connectivity index (χ0n) is 17.2. The van der Waals surface area contributed by atoms with E-state index in [0.29, 0.717) is 34.6 Å². The monoisotopic (exact) mass is 471 g/mol. The lowest BCUT2D eigenvalue weighted by molar-refractivity contribution is -0.130. The summed E-state index contributed by atoms with van der Waals surface area (Å²) in [6.45, 7) is 6.65. The Kier molecular flexibility index (Phi) is 5.49. The maximum Gasteiger partial charge on any atom is 0.249 e. The third kappa shape index (κ3) is 4.17. The quantitative estimate of drug-likeness (QED) is 0.482. The van der Waals surface area contributed by atoms with Crippen molar-refractivity contribution in [1.82, 2.24) is 15.0 Å². The Morgan fingerprint density at radius 1 is 1.20 bits per heavy atom. The van der Waals surface area contributed by atoms with Gasteiger partial charge in [0.2, 0.25) is 17.6 Å². The Morgan fingerprint density at radius 2 is 1.93 bits per heavy atom. The van der Waals surface area contributed by atoms with Crippen molar-refractivity contribution >= 4 is 21.8 Å². The van der Waals surface area contributed by atoms with Crippen molar-refractivity contribution in [3.05, 3.63) is 69.8 Å². The van der Waals surface area contributed by atoms with E-state index in [9.17, 15) is 9.18 Å². The molecule has 1 fully saturated rings. The Bertz CT molecular complexity index is 1070. The van der Waals surface area contributed by atoms with Crippen LogP contribution in [0.25, 0.3) is 11.4 Å². The molecule has 3 aromatic rings. The second-order valence-corrected chi connectivity index (χ2v) is 9.51. The molecule has 0 saturated carbocycles. The zero-order chi connectivity index (χ0) is 21.5. The number of aromatic nitrogens is 2. The van der Waals surface area contributed by atoms with Gasteiger partial charge in [0.15, 0.2) is 0 Å². The summed E-state index contributed by atoms with van der Waals surface area (Å²) in [7, 11) is 0. The number of hydrogen-bond acceptors (Lipinski definition) is 4. The molecule has 1 aliphatic heterocycles. The summed E-state index contributed by atoms with van der Waals surface area (Å²) >= 11 is 3.26. The summed E-state index contributed by atoms with van der Waals surface area (Å²) in [6, 6.07) is 12.6. The highest BCUT2D eigenvalue weighted by molar-refractivity contribution is 9.10. The number of amides is 1. The fraction of sp³-hybridized carbons (Fsp3) is 0.348. The molecule has 1 saturated heterocycles. The van der Waals surface area contributed by atoms with E-state index in [1.165, 1.54) is 11.6 Å². The smallest absolute Gasteiger partial charge is 0.249 e. The van der Waals surface area contributed by atoms with Gasteiger partial charge in [0.05, 0.1) is 0 Å². The van der Waals surface area contributed by atoms with Crippen LogP contribution in [0.4, 0.5) is 4.39 Å².